The number of piperidine rings is 2. The molecule has 0 saturated carbocycles. The van der Waals surface area contributed by atoms with Crippen molar-refractivity contribution < 1.29 is 40.5 Å². The molecule has 65 heavy (non-hydrogen) atoms. The van der Waals surface area contributed by atoms with Gasteiger partial charge in [-0.15, -0.1) is 0 Å². The fourth-order valence-electron chi connectivity index (χ4n) is 8.29. The number of carbonyl (C=O) groups excluding carboxylic acids is 2. The van der Waals surface area contributed by atoms with Gasteiger partial charge < -0.3 is 10.6 Å². The summed E-state index contributed by atoms with van der Waals surface area (Å²) < 4.78 is 79.3. The standard InChI is InChI=1S/C26H26F3N3O.C25H24F3N3O/c1-31-14-4-5-19(17-31)18-32-15-12-22(13-16-32)30-25(33)24-7-3-2-6-23(24)20-8-10-21(11-9-20)26(27,28)29;26-25(27,28)20-9-7-19(8-10-20)22-5-1-2-6-23(22)24(32)30-21-11-14-31(15-12-21)17-18-4-3-13-29-16-18/h2-11,14,17,22H,12-13,15-16,18H2,1H3;1-10,13,16,21H,11-12,14-15,17H2,(H,30,32)/p+1. The molecule has 0 radical (unpaired) electrons. The van der Waals surface area contributed by atoms with Crippen LogP contribution in [0.1, 0.15) is 68.7 Å². The molecule has 0 spiro atoms. The van der Waals surface area contributed by atoms with Gasteiger partial charge in [0.1, 0.15) is 7.05 Å². The molecule has 4 aromatic carbocycles. The second-order valence-electron chi connectivity index (χ2n) is 16.5. The molecule has 14 heteroatoms. The topological polar surface area (TPSA) is 81.4 Å². The maximum absolute atomic E-state index is 13.0. The molecule has 0 bridgehead atoms. The van der Waals surface area contributed by atoms with Crippen molar-refractivity contribution in [2.24, 2.45) is 7.05 Å². The average molecular weight is 894 g/mol. The van der Waals surface area contributed by atoms with Crippen LogP contribution in [0.3, 0.4) is 0 Å². The summed E-state index contributed by atoms with van der Waals surface area (Å²) in [4.78, 5) is 34.9. The van der Waals surface area contributed by atoms with E-state index in [-0.39, 0.29) is 23.9 Å². The van der Waals surface area contributed by atoms with E-state index in [1.54, 1.807) is 54.7 Å². The van der Waals surface area contributed by atoms with Gasteiger partial charge in [0.2, 0.25) is 0 Å². The van der Waals surface area contributed by atoms with Crippen molar-refractivity contribution in [3.63, 3.8) is 0 Å². The first kappa shape index (κ1) is 46.6. The van der Waals surface area contributed by atoms with Crippen LogP contribution in [0.5, 0.6) is 0 Å². The van der Waals surface area contributed by atoms with Gasteiger partial charge in [0, 0.05) is 86.5 Å². The van der Waals surface area contributed by atoms with Crippen molar-refractivity contribution in [2.75, 3.05) is 26.2 Å². The lowest BCUT2D eigenvalue weighted by molar-refractivity contribution is -0.672. The molecule has 0 aliphatic carbocycles. The number of halogens is 6. The highest BCUT2D eigenvalue weighted by Gasteiger charge is 2.31. The zero-order chi connectivity index (χ0) is 46.0. The van der Waals surface area contributed by atoms with E-state index in [1.807, 2.05) is 36.1 Å². The second-order valence-corrected chi connectivity index (χ2v) is 16.5. The predicted molar refractivity (Wildman–Crippen MR) is 237 cm³/mol. The zero-order valence-corrected chi connectivity index (χ0v) is 36.0. The van der Waals surface area contributed by atoms with Gasteiger partial charge >= 0.3 is 12.4 Å². The minimum Gasteiger partial charge on any atom is -0.349 e. The van der Waals surface area contributed by atoms with E-state index in [4.69, 9.17) is 0 Å². The Balaban J connectivity index is 0.000000194. The van der Waals surface area contributed by atoms with Gasteiger partial charge in [0.05, 0.1) is 11.1 Å². The molecule has 2 aliphatic heterocycles. The van der Waals surface area contributed by atoms with Crippen molar-refractivity contribution >= 4 is 11.8 Å². The Hall–Kier alpha value is -6.38. The minimum absolute atomic E-state index is 0.0632. The van der Waals surface area contributed by atoms with Gasteiger partial charge in [0.25, 0.3) is 11.8 Å². The van der Waals surface area contributed by atoms with Gasteiger partial charge in [-0.05, 0) is 102 Å². The zero-order valence-electron chi connectivity index (χ0n) is 36.0. The molecule has 0 atom stereocenters. The SMILES string of the molecule is C[n+]1cccc(CN2CCC(NC(=O)c3ccccc3-c3ccc(C(F)(F)F)cc3)CC2)c1.O=C(NC1CCN(Cc2cccnc2)CC1)c1ccccc1-c1ccc(C(F)(F)F)cc1. The summed E-state index contributed by atoms with van der Waals surface area (Å²) in [6, 6.07) is 32.1. The first-order valence-corrected chi connectivity index (χ1v) is 21.6. The Morgan fingerprint density at radius 1 is 0.585 bits per heavy atom. The Bertz CT molecular complexity index is 2500. The lowest BCUT2D eigenvalue weighted by Gasteiger charge is -2.32. The highest BCUT2D eigenvalue weighted by atomic mass is 19.4. The summed E-state index contributed by atoms with van der Waals surface area (Å²) in [5.41, 5.74) is 4.35. The molecule has 6 aromatic rings. The van der Waals surface area contributed by atoms with Crippen LogP contribution >= 0.6 is 0 Å². The van der Waals surface area contributed by atoms with Crippen LogP contribution in [-0.4, -0.2) is 64.9 Å². The van der Waals surface area contributed by atoms with E-state index in [1.165, 1.54) is 35.4 Å². The van der Waals surface area contributed by atoms with Crippen LogP contribution in [0.25, 0.3) is 22.3 Å². The molecular weight excluding hydrogens is 843 g/mol. The quantitative estimate of drug-likeness (QED) is 0.106. The van der Waals surface area contributed by atoms with Crippen molar-refractivity contribution in [3.8, 4) is 22.3 Å². The third kappa shape index (κ3) is 12.9. The van der Waals surface area contributed by atoms with Crippen LogP contribution in [0.15, 0.2) is 146 Å². The lowest BCUT2D eigenvalue weighted by Crippen LogP contribution is -2.44. The molecule has 2 fully saturated rings. The molecular formula is C51H51F6N6O2+. The molecule has 2 aliphatic rings. The van der Waals surface area contributed by atoms with E-state index in [2.05, 4.69) is 43.7 Å². The van der Waals surface area contributed by atoms with E-state index >= 15 is 0 Å². The number of rotatable bonds is 10. The summed E-state index contributed by atoms with van der Waals surface area (Å²) in [6.07, 6.45) is 2.37. The van der Waals surface area contributed by atoms with Crippen molar-refractivity contribution in [3.05, 3.63) is 179 Å². The van der Waals surface area contributed by atoms with Crippen LogP contribution in [0, 0.1) is 0 Å². The van der Waals surface area contributed by atoms with Gasteiger partial charge in [-0.3, -0.25) is 24.4 Å². The Morgan fingerprint density at radius 2 is 1.02 bits per heavy atom. The number of nitrogens with zero attached hydrogens (tertiary/aromatic N) is 4. The van der Waals surface area contributed by atoms with Gasteiger partial charge in [-0.1, -0.05) is 66.7 Å². The summed E-state index contributed by atoms with van der Waals surface area (Å²) >= 11 is 0. The van der Waals surface area contributed by atoms with Crippen LogP contribution in [0.2, 0.25) is 0 Å². The van der Waals surface area contributed by atoms with E-state index in [0.29, 0.717) is 33.4 Å². The predicted octanol–water partition coefficient (Wildman–Crippen LogP) is 9.75. The Kier molecular flexibility index (Phi) is 15.1. The number of pyridine rings is 2. The summed E-state index contributed by atoms with van der Waals surface area (Å²) in [6.45, 7) is 5.26. The molecule has 2 aromatic heterocycles. The first-order valence-electron chi connectivity index (χ1n) is 21.6. The molecule has 2 amide bonds. The van der Waals surface area contributed by atoms with Crippen molar-refractivity contribution in [1.82, 2.24) is 25.4 Å². The monoisotopic (exact) mass is 893 g/mol. The number of hydrogen-bond donors (Lipinski definition) is 2. The van der Waals surface area contributed by atoms with E-state index in [9.17, 15) is 35.9 Å². The van der Waals surface area contributed by atoms with Crippen LogP contribution < -0.4 is 15.2 Å². The maximum atomic E-state index is 13.0. The number of likely N-dealkylation sites (tertiary alicyclic amines) is 2. The first-order chi connectivity index (χ1) is 31.2. The van der Waals surface area contributed by atoms with Crippen molar-refractivity contribution in [2.45, 2.75) is 63.2 Å². The van der Waals surface area contributed by atoms with Crippen LogP contribution in [0.4, 0.5) is 26.3 Å². The Labute approximate surface area is 374 Å². The average Bonchev–Trinajstić information content (AvgIpc) is 3.30. The number of alkyl halides is 6. The number of aromatic nitrogens is 2. The Morgan fingerprint density at radius 3 is 1.43 bits per heavy atom. The van der Waals surface area contributed by atoms with E-state index in [0.717, 1.165) is 89.2 Å². The highest BCUT2D eigenvalue weighted by Crippen LogP contribution is 2.33. The van der Waals surface area contributed by atoms with Crippen molar-refractivity contribution in [1.29, 1.82) is 0 Å². The summed E-state index contributed by atoms with van der Waals surface area (Å²) in [5, 5.41) is 6.23. The highest BCUT2D eigenvalue weighted by molar-refractivity contribution is 6.01. The molecule has 0 unspecified atom stereocenters. The number of nitrogens with one attached hydrogen (secondary N) is 2. The number of hydrogen-bond acceptors (Lipinski definition) is 5. The largest absolute Gasteiger partial charge is 0.416 e. The van der Waals surface area contributed by atoms with E-state index < -0.39 is 23.5 Å². The lowest BCUT2D eigenvalue weighted by atomic mass is 9.97. The smallest absolute Gasteiger partial charge is 0.349 e. The molecule has 338 valence electrons. The number of amides is 2. The number of benzene rings is 4. The number of aryl methyl sites for hydroxylation is 1. The summed E-state index contributed by atoms with van der Waals surface area (Å²) in [7, 11) is 2.01. The fourth-order valence-corrected chi connectivity index (χ4v) is 8.29. The molecule has 8 nitrogen and oxygen atoms in total. The third-order valence-electron chi connectivity index (χ3n) is 11.8. The molecule has 2 saturated heterocycles. The van der Waals surface area contributed by atoms with Gasteiger partial charge in [-0.2, -0.15) is 26.3 Å². The third-order valence-corrected chi connectivity index (χ3v) is 11.8. The normalized spacial score (nSPS) is 15.4. The van der Waals surface area contributed by atoms with Gasteiger partial charge in [0.15, 0.2) is 12.4 Å². The maximum Gasteiger partial charge on any atom is 0.416 e. The number of carbonyl (C=O) groups is 2. The van der Waals surface area contributed by atoms with Crippen LogP contribution in [-0.2, 0) is 32.5 Å². The molecule has 4 heterocycles. The summed E-state index contributed by atoms with van der Waals surface area (Å²) in [5.74, 6) is -0.398. The second kappa shape index (κ2) is 21.1. The molecule has 8 rings (SSSR count). The fraction of sp³-hybridized carbons (Fsp3) is 0.294. The minimum atomic E-state index is -4.39. The molecule has 2 N–H and O–H groups in total. The van der Waals surface area contributed by atoms with Gasteiger partial charge in [-0.25, -0.2) is 4.57 Å².